The number of nitrogens with zero attached hydrogens (tertiary/aromatic N) is 15. The van der Waals surface area contributed by atoms with E-state index < -0.39 is 92.8 Å². The molecule has 0 aliphatic carbocycles. The standard InChI is InChI=1S/C21H27N5O5S.C20H23N5O4S.C19H23N5O5S.C18H20ClN5O5S.C17H17N5O4S/c1-6-15(17-10-13(11-31-17)12(2)3)22-19-20(25-32(29,30)24-19)23-16-9-7-8-14(18(16)27)21(28)26(4)5;1-4-15(13-9-6-5-7-10-13)21-18-19(24-30(28,29)23-18)22-16-12-8-11-14(17(16)26)20(27)25(2)3;1-5-13(15-10-9-11(2)29-15)20-17-18(23-30(27,28)22-17)21-14-8-6-7-12(16(14)25)19(26)24(3)4;1-4-12(14-8-10(19)9-29-14)20-16-17(23-30(27,28)22-16)21-13-7-5-6-11(15(13)25)18(26)24(2)3;1-22(2)17(24)12-9-6-10-13(14(12)23)19-16-15(20-27(25,26)21-16)18-11-7-4-3-5-8-11/h7-12,15,27H,6H2,1-5H3,(H,22,24)(H,23,25);5-12,15,26H,4H2,1-3H3,(H,21,23)(H,22,24);6-10,13,25H,5H2,1-4H3,(H,20,22)(H,21,23);5-9,12,25H,4H2,1-3H3,(H,20,22)(H,21,23);3-10,23H,1-2H3,(H,18,20)(H,19,21)/t2*15-;13-;;/m111../s1. The summed E-state index contributed by atoms with van der Waals surface area (Å²) in [5.41, 5.74) is 3.50. The monoisotopic (exact) mass is 2160 g/mol. The fourth-order valence-corrected chi connectivity index (χ4v) is 18.1. The summed E-state index contributed by atoms with van der Waals surface area (Å²) in [7, 11) is -4.41. The molecule has 0 spiro atoms. The van der Waals surface area contributed by atoms with Crippen molar-refractivity contribution < 1.29 is 105 Å². The molecule has 790 valence electrons. The van der Waals surface area contributed by atoms with Crippen LogP contribution in [0.15, 0.2) is 248 Å². The minimum Gasteiger partial charge on any atom is -0.505 e. The van der Waals surface area contributed by atoms with E-state index in [0.717, 1.165) is 16.9 Å². The molecule has 1 unspecified atom stereocenters. The average molecular weight is 2170 g/mol. The molecule has 0 bridgehead atoms. The largest absolute Gasteiger partial charge is 0.505 e. The van der Waals surface area contributed by atoms with E-state index in [4.69, 9.17) is 24.9 Å². The molecule has 5 aliphatic heterocycles. The second kappa shape index (κ2) is 48.2. The Morgan fingerprint density at radius 2 is 0.624 bits per heavy atom. The van der Waals surface area contributed by atoms with Gasteiger partial charge < -0.3 is 95.2 Å². The van der Waals surface area contributed by atoms with Gasteiger partial charge >= 0.3 is 51.0 Å². The highest BCUT2D eigenvalue weighted by Gasteiger charge is 2.37. The van der Waals surface area contributed by atoms with E-state index in [0.29, 0.717) is 53.7 Å². The first-order chi connectivity index (χ1) is 70.2. The first-order valence-corrected chi connectivity index (χ1v) is 52.8. The van der Waals surface area contributed by atoms with Crippen molar-refractivity contribution in [1.82, 2.24) is 43.4 Å². The number of amidine groups is 10. The van der Waals surface area contributed by atoms with Crippen LogP contribution in [0, 0.1) is 6.92 Å². The number of phenolic OH excluding ortho intramolecular Hbond substituents is 5. The summed E-state index contributed by atoms with van der Waals surface area (Å²) in [5.74, 6) is -1.49. The number of anilines is 6. The van der Waals surface area contributed by atoms with E-state index in [1.165, 1.54) is 91.4 Å². The molecular formula is C95H110ClN25O23S5. The summed E-state index contributed by atoms with van der Waals surface area (Å²) in [4.78, 5) is 85.6. The minimum atomic E-state index is -4.04. The summed E-state index contributed by atoms with van der Waals surface area (Å²) in [6, 6.07) is 46.4. The van der Waals surface area contributed by atoms with E-state index in [1.54, 1.807) is 156 Å². The predicted molar refractivity (Wildman–Crippen MR) is 569 cm³/mol. The van der Waals surface area contributed by atoms with Crippen molar-refractivity contribution in [3.63, 3.8) is 0 Å². The third-order valence-corrected chi connectivity index (χ3v) is 26.0. The molecule has 3 aromatic heterocycles. The van der Waals surface area contributed by atoms with Crippen LogP contribution >= 0.6 is 11.6 Å². The minimum absolute atomic E-state index is 0.0110. The maximum absolute atomic E-state index is 12.3. The van der Waals surface area contributed by atoms with Crippen LogP contribution in [0.3, 0.4) is 0 Å². The lowest BCUT2D eigenvalue weighted by Gasteiger charge is -2.15. The third kappa shape index (κ3) is 29.3. The zero-order chi connectivity index (χ0) is 109. The second-order valence-electron chi connectivity index (χ2n) is 34.1. The molecule has 7 aromatic carbocycles. The van der Waals surface area contributed by atoms with Gasteiger partial charge in [-0.15, -0.1) is 26.4 Å². The summed E-state index contributed by atoms with van der Waals surface area (Å²) in [6.45, 7) is 13.5. The molecule has 0 saturated carbocycles. The number of amides is 5. The zero-order valence-corrected chi connectivity index (χ0v) is 88.2. The Labute approximate surface area is 864 Å². The normalized spacial score (nSPS) is 16.8. The Morgan fingerprint density at radius 1 is 0.342 bits per heavy atom. The fourth-order valence-electron chi connectivity index (χ4n) is 13.9. The number of para-hydroxylation sites is 6. The van der Waals surface area contributed by atoms with Crippen molar-refractivity contribution in [3.8, 4) is 28.7 Å². The van der Waals surface area contributed by atoms with Crippen LogP contribution in [0.5, 0.6) is 28.7 Å². The van der Waals surface area contributed by atoms with Crippen LogP contribution < -0.4 is 50.8 Å². The van der Waals surface area contributed by atoms with Gasteiger partial charge in [-0.25, -0.2) is 18.9 Å². The number of rotatable bonds is 24. The fraction of sp³-hybridized carbons (Fsp3) is 0.274. The van der Waals surface area contributed by atoms with E-state index in [9.17, 15) is 91.6 Å². The van der Waals surface area contributed by atoms with Crippen LogP contribution in [0.2, 0.25) is 5.02 Å². The number of aromatic hydroxyl groups is 5. The number of phenols is 5. The molecule has 15 rings (SSSR count). The van der Waals surface area contributed by atoms with Gasteiger partial charge in [0.2, 0.25) is 0 Å². The van der Waals surface area contributed by atoms with Crippen molar-refractivity contribution >= 4 is 185 Å². The van der Waals surface area contributed by atoms with Gasteiger partial charge in [-0.05, 0) is 141 Å². The molecule has 15 N–H and O–H groups in total. The molecule has 0 radical (unpaired) electrons. The first-order valence-electron chi connectivity index (χ1n) is 45.3. The van der Waals surface area contributed by atoms with Crippen LogP contribution in [-0.2, 0) is 51.0 Å². The number of halogens is 1. The molecule has 10 aromatic rings. The van der Waals surface area contributed by atoms with Gasteiger partial charge in [0.15, 0.2) is 87.1 Å². The predicted octanol–water partition coefficient (Wildman–Crippen LogP) is 11.7. The quantitative estimate of drug-likeness (QED) is 0.0250. The molecular weight excluding hydrogens is 2050 g/mol. The number of benzene rings is 7. The Morgan fingerprint density at radius 3 is 0.899 bits per heavy atom. The number of carbonyl (C=O) groups is 5. The molecule has 48 nitrogen and oxygen atoms in total. The number of aryl methyl sites for hydroxylation is 1. The molecule has 0 fully saturated rings. The van der Waals surface area contributed by atoms with Gasteiger partial charge in [-0.1, -0.05) is 132 Å². The van der Waals surface area contributed by atoms with E-state index in [2.05, 4.69) is 97.1 Å². The van der Waals surface area contributed by atoms with Crippen LogP contribution in [0.25, 0.3) is 0 Å². The smallest absolute Gasteiger partial charge is 0.367 e. The zero-order valence-electron chi connectivity index (χ0n) is 83.3. The maximum atomic E-state index is 12.3. The van der Waals surface area contributed by atoms with Crippen molar-refractivity contribution in [1.29, 1.82) is 0 Å². The van der Waals surface area contributed by atoms with Gasteiger partial charge in [0.05, 0.1) is 73.6 Å². The lowest BCUT2D eigenvalue weighted by Crippen LogP contribution is -2.31. The van der Waals surface area contributed by atoms with Gasteiger partial charge in [0, 0.05) is 82.2 Å². The van der Waals surface area contributed by atoms with Crippen LogP contribution in [0.4, 0.5) is 34.1 Å². The van der Waals surface area contributed by atoms with Gasteiger partial charge in [0.25, 0.3) is 29.5 Å². The molecule has 0 saturated heterocycles. The van der Waals surface area contributed by atoms with Gasteiger partial charge in [-0.3, -0.25) is 43.9 Å². The van der Waals surface area contributed by atoms with E-state index in [-0.39, 0.29) is 161 Å². The van der Waals surface area contributed by atoms with Gasteiger partial charge in [0.1, 0.15) is 47.4 Å². The highest BCUT2D eigenvalue weighted by molar-refractivity contribution is 7.91. The average Bonchev–Trinajstić information content (AvgIpc) is 1.78. The number of carbonyl (C=O) groups excluding carboxylic acids is 5. The van der Waals surface area contributed by atoms with Crippen LogP contribution in [0.1, 0.15) is 183 Å². The summed E-state index contributed by atoms with van der Waals surface area (Å²) in [5, 5.41) is 69.5. The van der Waals surface area contributed by atoms with Crippen molar-refractivity contribution in [2.45, 2.75) is 104 Å². The van der Waals surface area contributed by atoms with E-state index in [1.807, 2.05) is 84.0 Å². The highest BCUT2D eigenvalue weighted by atomic mass is 35.5. The molecule has 5 aliphatic rings. The topological polar surface area (TPSA) is 657 Å². The Balaban J connectivity index is 0.000000177. The maximum Gasteiger partial charge on any atom is 0.367 e. The second-order valence-corrected chi connectivity index (χ2v) is 41.1. The number of hydrogen-bond acceptors (Lipinski definition) is 33. The summed E-state index contributed by atoms with van der Waals surface area (Å²) < 4.78 is 167. The lowest BCUT2D eigenvalue weighted by atomic mass is 10.1. The Bertz CT molecular complexity index is 7510. The third-order valence-electron chi connectivity index (χ3n) is 21.5. The molecule has 54 heteroatoms. The lowest BCUT2D eigenvalue weighted by molar-refractivity contribution is 0.0817. The molecule has 149 heavy (non-hydrogen) atoms. The number of nitrogens with one attached hydrogen (secondary N) is 10. The summed E-state index contributed by atoms with van der Waals surface area (Å²) >= 11 is 5.89. The molecule has 4 atom stereocenters. The SMILES string of the molecule is CCC(N=C1NS(=O)(=O)N=C1Nc1cccc(C(=O)N(C)C)c1O)c1cc(Cl)co1.CC[C@@H](N=C1NS(=O)(=O)N=C1Nc1cccc(C(=O)N(C)C)c1O)c1cc(C(C)C)co1.CC[C@@H](N=C1NS(=O)(=O)N=C1Nc1cccc(C(=O)N(C)C)c1O)c1ccc(C)o1.CC[C@@H](N=C1NS(=O)(=O)N=C1Nc1cccc(C(=O)N(C)C)c1O)c1ccccc1.CN(C)C(=O)c1cccc(NC2=NS(=O)(=O)N=C2Nc2ccccc2)c1O. The Hall–Kier alpha value is -16.5. The van der Waals surface area contributed by atoms with Crippen LogP contribution in [-0.4, -0.2) is 250 Å². The number of hydrogen-bond donors (Lipinski definition) is 15. The number of aliphatic imine (C=N–C) groups is 4. The number of furan rings is 3. The van der Waals surface area contributed by atoms with Crippen molar-refractivity contribution in [2.75, 3.05) is 102 Å². The summed E-state index contributed by atoms with van der Waals surface area (Å²) in [6.07, 6.45) is 5.28. The van der Waals surface area contributed by atoms with E-state index >= 15 is 0 Å². The first kappa shape index (κ1) is 113. The van der Waals surface area contributed by atoms with Gasteiger partial charge in [-0.2, -0.15) is 42.1 Å². The Kier molecular flexibility index (Phi) is 36.5. The van der Waals surface area contributed by atoms with Crippen molar-refractivity contribution in [3.05, 3.63) is 255 Å². The molecule has 5 amide bonds. The van der Waals surface area contributed by atoms with Crippen molar-refractivity contribution in [2.24, 2.45) is 46.4 Å². The highest BCUT2D eigenvalue weighted by Crippen LogP contribution is 2.38. The molecule has 8 heterocycles.